The average molecular weight is 267 g/mol. The van der Waals surface area contributed by atoms with Gasteiger partial charge in [0.25, 0.3) is 5.91 Å². The zero-order chi connectivity index (χ0) is 13.7. The van der Waals surface area contributed by atoms with Crippen molar-refractivity contribution >= 4 is 11.7 Å². The van der Waals surface area contributed by atoms with Gasteiger partial charge in [0.05, 0.1) is 18.8 Å². The van der Waals surface area contributed by atoms with Crippen LogP contribution >= 0.6 is 0 Å². The molecule has 106 valence electrons. The Bertz CT molecular complexity index is 372. The lowest BCUT2D eigenvalue weighted by molar-refractivity contribution is -0.117. The van der Waals surface area contributed by atoms with Gasteiger partial charge in [-0.3, -0.25) is 15.6 Å². The van der Waals surface area contributed by atoms with E-state index in [0.29, 0.717) is 32.2 Å². The molecule has 0 aromatic carbocycles. The van der Waals surface area contributed by atoms with Crippen LogP contribution in [-0.4, -0.2) is 49.5 Å². The Morgan fingerprint density at radius 3 is 2.68 bits per heavy atom. The van der Waals surface area contributed by atoms with E-state index in [4.69, 9.17) is 16.0 Å². The number of nitrogens with one attached hydrogen (secondary N) is 3. The van der Waals surface area contributed by atoms with Gasteiger partial charge in [-0.1, -0.05) is 0 Å². The van der Waals surface area contributed by atoms with Crippen molar-refractivity contribution in [3.05, 3.63) is 11.8 Å². The van der Waals surface area contributed by atoms with Crippen LogP contribution in [0.3, 0.4) is 0 Å². The number of carbonyl (C=O) groups excluding carboxylic acids is 1. The minimum absolute atomic E-state index is 0.189. The molecule has 5 N–H and O–H groups in total. The van der Waals surface area contributed by atoms with E-state index in [0.717, 1.165) is 6.54 Å². The van der Waals surface area contributed by atoms with Gasteiger partial charge >= 0.3 is 0 Å². The lowest BCUT2D eigenvalue weighted by atomic mass is 10.2. The monoisotopic (exact) mass is 267 g/mol. The van der Waals surface area contributed by atoms with Gasteiger partial charge in [0.1, 0.15) is 5.84 Å². The first kappa shape index (κ1) is 13.8. The van der Waals surface area contributed by atoms with Crippen LogP contribution in [0.1, 0.15) is 12.8 Å². The Kier molecular flexibility index (Phi) is 4.75. The first-order valence-corrected chi connectivity index (χ1v) is 6.58. The summed E-state index contributed by atoms with van der Waals surface area (Å²) in [6, 6.07) is 0. The van der Waals surface area contributed by atoms with Crippen LogP contribution in [0, 0.1) is 11.3 Å². The maximum atomic E-state index is 11.7. The maximum Gasteiger partial charge on any atom is 0.270 e. The van der Waals surface area contributed by atoms with Crippen LogP contribution in [0.25, 0.3) is 0 Å². The van der Waals surface area contributed by atoms with Crippen molar-refractivity contribution in [2.45, 2.75) is 12.8 Å². The summed E-state index contributed by atoms with van der Waals surface area (Å²) >= 11 is 0. The summed E-state index contributed by atoms with van der Waals surface area (Å²) < 4.78 is 5.24. The fourth-order valence-corrected chi connectivity index (χ4v) is 1.93. The fourth-order valence-electron chi connectivity index (χ4n) is 1.93. The predicted molar refractivity (Wildman–Crippen MR) is 71.3 cm³/mol. The van der Waals surface area contributed by atoms with Crippen LogP contribution in [-0.2, 0) is 9.53 Å². The first-order valence-electron chi connectivity index (χ1n) is 6.58. The molecule has 7 nitrogen and oxygen atoms in total. The van der Waals surface area contributed by atoms with Gasteiger partial charge in [-0.15, -0.1) is 0 Å². The van der Waals surface area contributed by atoms with Gasteiger partial charge in [0, 0.05) is 25.8 Å². The molecule has 1 amide bonds. The highest BCUT2D eigenvalue weighted by molar-refractivity contribution is 6.19. The van der Waals surface area contributed by atoms with Crippen molar-refractivity contribution in [3.63, 3.8) is 0 Å². The zero-order valence-corrected chi connectivity index (χ0v) is 10.9. The Labute approximate surface area is 112 Å². The van der Waals surface area contributed by atoms with Gasteiger partial charge in [0.15, 0.2) is 0 Å². The summed E-state index contributed by atoms with van der Waals surface area (Å²) in [4.78, 5) is 13.6. The topological polar surface area (TPSA) is 103 Å². The van der Waals surface area contributed by atoms with Gasteiger partial charge < -0.3 is 15.0 Å². The van der Waals surface area contributed by atoms with E-state index >= 15 is 0 Å². The summed E-state index contributed by atoms with van der Waals surface area (Å²) in [5, 5.41) is 11.2. The highest BCUT2D eigenvalue weighted by Gasteiger charge is 2.23. The van der Waals surface area contributed by atoms with Crippen LogP contribution in [0.15, 0.2) is 11.8 Å². The lowest BCUT2D eigenvalue weighted by Crippen LogP contribution is -2.45. The number of hydrogen-bond acceptors (Lipinski definition) is 5. The normalized spacial score (nSPS) is 20.1. The highest BCUT2D eigenvalue weighted by Crippen LogP contribution is 2.27. The third-order valence-corrected chi connectivity index (χ3v) is 3.31. The molecule has 1 aliphatic carbocycles. The molecule has 0 aromatic heterocycles. The summed E-state index contributed by atoms with van der Waals surface area (Å²) in [6.45, 7) is 3.25. The Hall–Kier alpha value is -1.60. The first-order chi connectivity index (χ1) is 9.22. The molecule has 19 heavy (non-hydrogen) atoms. The molecule has 0 unspecified atom stereocenters. The van der Waals surface area contributed by atoms with Crippen molar-refractivity contribution in [2.75, 3.05) is 32.8 Å². The SMILES string of the molecule is N=C(/C(=C\NCC1CC1)C(=O)NN)N1CCOCC1. The molecule has 7 heteroatoms. The maximum absolute atomic E-state index is 11.7. The molecule has 0 bridgehead atoms. The molecular formula is C12H21N5O2. The summed E-state index contributed by atoms with van der Waals surface area (Å²) in [6.07, 6.45) is 4.07. The van der Waals surface area contributed by atoms with Crippen molar-refractivity contribution in [2.24, 2.45) is 11.8 Å². The Morgan fingerprint density at radius 1 is 1.42 bits per heavy atom. The summed E-state index contributed by atoms with van der Waals surface area (Å²) in [7, 11) is 0. The Morgan fingerprint density at radius 2 is 2.11 bits per heavy atom. The van der Waals surface area contributed by atoms with E-state index < -0.39 is 5.91 Å². The number of morpholine rings is 1. The third-order valence-electron chi connectivity index (χ3n) is 3.31. The zero-order valence-electron chi connectivity index (χ0n) is 10.9. The van der Waals surface area contributed by atoms with Crippen LogP contribution in [0.2, 0.25) is 0 Å². The average Bonchev–Trinajstić information content (AvgIpc) is 3.27. The second-order valence-corrected chi connectivity index (χ2v) is 4.83. The molecule has 0 atom stereocenters. The molecule has 1 aliphatic heterocycles. The summed E-state index contributed by atoms with van der Waals surface area (Å²) in [5.74, 6) is 5.63. The standard InChI is InChI=1S/C12H21N5O2/c13-11(17-3-5-19-6-4-17)10(12(18)16-14)8-15-7-9-1-2-9/h8-9,13,15H,1-7,14H2,(H,16,18)/b10-8+,13-11?. The largest absolute Gasteiger partial charge is 0.390 e. The van der Waals surface area contributed by atoms with Crippen molar-refractivity contribution in [1.29, 1.82) is 5.41 Å². The van der Waals surface area contributed by atoms with Gasteiger partial charge in [-0.05, 0) is 18.8 Å². The number of hydrazine groups is 1. The van der Waals surface area contributed by atoms with Crippen LogP contribution in [0.4, 0.5) is 0 Å². The quantitative estimate of drug-likeness (QED) is 0.130. The molecule has 0 radical (unpaired) electrons. The molecule has 1 saturated carbocycles. The van der Waals surface area contributed by atoms with Gasteiger partial charge in [-0.25, -0.2) is 5.84 Å². The van der Waals surface area contributed by atoms with E-state index in [1.54, 1.807) is 6.20 Å². The predicted octanol–water partition coefficient (Wildman–Crippen LogP) is -0.831. The number of nitrogens with zero attached hydrogens (tertiary/aromatic N) is 1. The number of amides is 1. The molecular weight excluding hydrogens is 246 g/mol. The number of amidine groups is 1. The highest BCUT2D eigenvalue weighted by atomic mass is 16.5. The molecule has 2 rings (SSSR count). The Balaban J connectivity index is 1.97. The molecule has 0 aromatic rings. The molecule has 2 fully saturated rings. The lowest BCUT2D eigenvalue weighted by Gasteiger charge is -2.29. The number of rotatable bonds is 5. The van der Waals surface area contributed by atoms with Crippen molar-refractivity contribution < 1.29 is 9.53 Å². The van der Waals surface area contributed by atoms with E-state index in [1.807, 2.05) is 4.90 Å². The number of hydrogen-bond donors (Lipinski definition) is 4. The fraction of sp³-hybridized carbons (Fsp3) is 0.667. The number of carbonyl (C=O) groups is 1. The minimum atomic E-state index is -0.445. The minimum Gasteiger partial charge on any atom is -0.390 e. The third kappa shape index (κ3) is 3.93. The van der Waals surface area contributed by atoms with Gasteiger partial charge in [0.2, 0.25) is 0 Å². The van der Waals surface area contributed by atoms with E-state index in [9.17, 15) is 4.79 Å². The number of nitrogens with two attached hydrogens (primary N) is 1. The van der Waals surface area contributed by atoms with Gasteiger partial charge in [-0.2, -0.15) is 0 Å². The summed E-state index contributed by atoms with van der Waals surface area (Å²) in [5.41, 5.74) is 2.36. The second kappa shape index (κ2) is 6.53. The van der Waals surface area contributed by atoms with Crippen molar-refractivity contribution in [1.82, 2.24) is 15.6 Å². The smallest absolute Gasteiger partial charge is 0.270 e. The number of ether oxygens (including phenoxy) is 1. The van der Waals surface area contributed by atoms with Crippen molar-refractivity contribution in [3.8, 4) is 0 Å². The van der Waals surface area contributed by atoms with Crippen LogP contribution < -0.4 is 16.6 Å². The molecule has 1 heterocycles. The second-order valence-electron chi connectivity index (χ2n) is 4.83. The van der Waals surface area contributed by atoms with E-state index in [1.165, 1.54) is 12.8 Å². The molecule has 0 spiro atoms. The molecule has 2 aliphatic rings. The molecule has 1 saturated heterocycles. The van der Waals surface area contributed by atoms with E-state index in [-0.39, 0.29) is 11.4 Å². The van der Waals surface area contributed by atoms with Crippen LogP contribution in [0.5, 0.6) is 0 Å². The van der Waals surface area contributed by atoms with E-state index in [2.05, 4.69) is 10.7 Å².